The predicted octanol–water partition coefficient (Wildman–Crippen LogP) is -1.26. The van der Waals surface area contributed by atoms with Crippen molar-refractivity contribution in [3.63, 3.8) is 0 Å². The van der Waals surface area contributed by atoms with E-state index in [9.17, 15) is 34.5 Å². The van der Waals surface area contributed by atoms with Gasteiger partial charge in [0.15, 0.2) is 17.8 Å². The lowest BCUT2D eigenvalue weighted by Gasteiger charge is -2.48. The highest BCUT2D eigenvalue weighted by atomic mass is 16.8. The van der Waals surface area contributed by atoms with Crippen LogP contribution in [0.4, 0.5) is 0 Å². The molecule has 6 rings (SSSR count). The van der Waals surface area contributed by atoms with Gasteiger partial charge in [0.1, 0.15) is 18.8 Å². The summed E-state index contributed by atoms with van der Waals surface area (Å²) in [5.74, 6) is -5.84. The SMILES string of the molecule is CC1C(=O)O[C@H]2[C@H](O)[C@@]34C5CC(C(C)(C)C)C36C(OC(=O)[C@@H]6OCC(=O)O)O[C@@]4(C(=O)O5)[C@@]12O. The number of rotatable bonds is 3. The normalized spacial score (nSPS) is 54.3. The maximum absolute atomic E-state index is 13.6. The van der Waals surface area contributed by atoms with Crippen LogP contribution in [0.1, 0.15) is 34.1 Å². The van der Waals surface area contributed by atoms with Crippen molar-refractivity contribution < 1.29 is 58.2 Å². The fourth-order valence-corrected chi connectivity index (χ4v) is 8.45. The third-order valence-corrected chi connectivity index (χ3v) is 9.34. The molecular weight excluding hydrogens is 456 g/mol. The van der Waals surface area contributed by atoms with Gasteiger partial charge < -0.3 is 39.0 Å². The lowest BCUT2D eigenvalue weighted by molar-refractivity contribution is -0.240. The average molecular weight is 482 g/mol. The van der Waals surface area contributed by atoms with Crippen molar-refractivity contribution in [2.24, 2.45) is 28.1 Å². The molecule has 4 saturated heterocycles. The monoisotopic (exact) mass is 482 g/mol. The molecule has 5 unspecified atom stereocenters. The second-order valence-corrected chi connectivity index (χ2v) is 11.4. The number of carbonyl (C=O) groups excluding carboxylic acids is 3. The molecule has 4 aliphatic heterocycles. The van der Waals surface area contributed by atoms with Crippen molar-refractivity contribution in [1.82, 2.24) is 0 Å². The van der Waals surface area contributed by atoms with Crippen LogP contribution >= 0.6 is 0 Å². The molecule has 4 heterocycles. The molecule has 0 aromatic heterocycles. The van der Waals surface area contributed by atoms with Crippen molar-refractivity contribution in [1.29, 1.82) is 0 Å². The van der Waals surface area contributed by atoms with Crippen molar-refractivity contribution in [3.05, 3.63) is 0 Å². The van der Waals surface area contributed by atoms with Crippen molar-refractivity contribution in [3.8, 4) is 0 Å². The highest BCUT2D eigenvalue weighted by Crippen LogP contribution is 2.84. The van der Waals surface area contributed by atoms with Crippen LogP contribution in [-0.4, -0.2) is 87.7 Å². The minimum absolute atomic E-state index is 0.169. The number of hydrogen-bond donors (Lipinski definition) is 3. The maximum atomic E-state index is 13.6. The lowest BCUT2D eigenvalue weighted by Crippen LogP contribution is -2.67. The topological polar surface area (TPSA) is 175 Å². The first-order valence-electron chi connectivity index (χ1n) is 11.3. The second kappa shape index (κ2) is 5.92. The molecule has 186 valence electrons. The van der Waals surface area contributed by atoms with Crippen molar-refractivity contribution >= 4 is 23.9 Å². The van der Waals surface area contributed by atoms with Gasteiger partial charge in [-0.25, -0.2) is 14.4 Å². The third kappa shape index (κ3) is 1.80. The summed E-state index contributed by atoms with van der Waals surface area (Å²) < 4.78 is 28.5. The number of carbonyl (C=O) groups is 4. The fourth-order valence-electron chi connectivity index (χ4n) is 8.45. The van der Waals surface area contributed by atoms with Gasteiger partial charge in [-0.1, -0.05) is 20.8 Å². The molecular formula is C22H26O12. The number of esters is 3. The summed E-state index contributed by atoms with van der Waals surface area (Å²) >= 11 is 0. The Morgan fingerprint density at radius 3 is 2.44 bits per heavy atom. The molecule has 2 saturated carbocycles. The van der Waals surface area contributed by atoms with E-state index in [1.165, 1.54) is 6.92 Å². The van der Waals surface area contributed by atoms with E-state index in [1.807, 2.05) is 20.8 Å². The molecule has 12 nitrogen and oxygen atoms in total. The Hall–Kier alpha value is -2.28. The van der Waals surface area contributed by atoms with Crippen molar-refractivity contribution in [2.75, 3.05) is 6.61 Å². The molecule has 2 spiro atoms. The summed E-state index contributed by atoms with van der Waals surface area (Å²) in [6, 6.07) is 0. The fraction of sp³-hybridized carbons (Fsp3) is 0.818. The van der Waals surface area contributed by atoms with Crippen LogP contribution in [-0.2, 0) is 42.9 Å². The van der Waals surface area contributed by atoms with Crippen LogP contribution < -0.4 is 0 Å². The van der Waals surface area contributed by atoms with Gasteiger partial charge in [-0.15, -0.1) is 0 Å². The third-order valence-electron chi connectivity index (χ3n) is 9.34. The minimum Gasteiger partial charge on any atom is -0.480 e. The summed E-state index contributed by atoms with van der Waals surface area (Å²) in [5, 5.41) is 33.1. The zero-order valence-corrected chi connectivity index (χ0v) is 19.0. The summed E-state index contributed by atoms with van der Waals surface area (Å²) in [5.41, 5.74) is -8.62. The molecule has 2 aliphatic carbocycles. The van der Waals surface area contributed by atoms with Gasteiger partial charge in [0.2, 0.25) is 11.9 Å². The van der Waals surface area contributed by atoms with E-state index in [-0.39, 0.29) is 6.42 Å². The molecule has 0 amide bonds. The first-order valence-corrected chi connectivity index (χ1v) is 11.3. The van der Waals surface area contributed by atoms with E-state index in [4.69, 9.17) is 23.7 Å². The molecule has 6 aliphatic rings. The van der Waals surface area contributed by atoms with Crippen molar-refractivity contribution in [2.45, 2.75) is 76.0 Å². The highest BCUT2D eigenvalue weighted by Gasteiger charge is 3.04. The lowest BCUT2D eigenvalue weighted by atomic mass is 9.51. The Balaban J connectivity index is 1.67. The maximum Gasteiger partial charge on any atom is 0.343 e. The summed E-state index contributed by atoms with van der Waals surface area (Å²) in [4.78, 5) is 50.5. The van der Waals surface area contributed by atoms with Crippen LogP contribution in [0.3, 0.4) is 0 Å². The van der Waals surface area contributed by atoms with E-state index in [0.29, 0.717) is 0 Å². The molecule has 0 aromatic rings. The molecule has 6 fully saturated rings. The zero-order valence-electron chi connectivity index (χ0n) is 19.0. The van der Waals surface area contributed by atoms with Crippen LogP contribution in [0.25, 0.3) is 0 Å². The average Bonchev–Trinajstić information content (AvgIpc) is 3.43. The number of hydrogen-bond acceptors (Lipinski definition) is 11. The van der Waals surface area contributed by atoms with Gasteiger partial charge in [-0.2, -0.15) is 0 Å². The van der Waals surface area contributed by atoms with Crippen LogP contribution in [0.15, 0.2) is 0 Å². The number of fused-ring (bicyclic) bond motifs is 1. The van der Waals surface area contributed by atoms with Crippen LogP contribution in [0.2, 0.25) is 0 Å². The minimum atomic E-state index is -2.32. The Kier molecular flexibility index (Phi) is 3.86. The standard InChI is InChI=1S/C22H26O12/c1-7-14(26)32-12-11(25)20-9-5-8(18(2,3)4)19(20)13(30-6-10(23)24)15(27)33-17(19)34-22(20,16(28)31-9)21(7,12)29/h7-9,11-13,17,25,29H,5-6H2,1-4H3,(H,23,24)/t7?,8?,9?,11-,12-,13-,17?,19?,20-,21+,22+/m0/s1. The van der Waals surface area contributed by atoms with E-state index in [0.717, 1.165) is 0 Å². The molecule has 11 atom stereocenters. The van der Waals surface area contributed by atoms with Gasteiger partial charge in [-0.05, 0) is 24.7 Å². The Bertz CT molecular complexity index is 1050. The second-order valence-electron chi connectivity index (χ2n) is 11.4. The Morgan fingerprint density at radius 2 is 1.82 bits per heavy atom. The number of aliphatic hydroxyl groups is 2. The van der Waals surface area contributed by atoms with Crippen LogP contribution in [0.5, 0.6) is 0 Å². The molecule has 12 heteroatoms. The Labute approximate surface area is 193 Å². The number of ether oxygens (including phenoxy) is 5. The first-order chi connectivity index (χ1) is 15.7. The predicted molar refractivity (Wildman–Crippen MR) is 103 cm³/mol. The number of carboxylic acid groups (broad SMARTS) is 1. The number of aliphatic hydroxyl groups excluding tert-OH is 1. The highest BCUT2D eigenvalue weighted by molar-refractivity contribution is 5.94. The van der Waals surface area contributed by atoms with E-state index < -0.39 is 100 Å². The first kappa shape index (κ1) is 22.2. The summed E-state index contributed by atoms with van der Waals surface area (Å²) in [7, 11) is 0. The van der Waals surface area contributed by atoms with Gasteiger partial charge in [0.05, 0.1) is 16.7 Å². The van der Waals surface area contributed by atoms with Gasteiger partial charge in [0.25, 0.3) is 0 Å². The van der Waals surface area contributed by atoms with E-state index >= 15 is 0 Å². The molecule has 0 radical (unpaired) electrons. The van der Waals surface area contributed by atoms with Gasteiger partial charge >= 0.3 is 23.9 Å². The number of carboxylic acids is 1. The molecule has 3 N–H and O–H groups in total. The zero-order chi connectivity index (χ0) is 24.8. The van der Waals surface area contributed by atoms with E-state index in [1.54, 1.807) is 0 Å². The quantitative estimate of drug-likeness (QED) is 0.322. The molecule has 0 bridgehead atoms. The molecule has 34 heavy (non-hydrogen) atoms. The Morgan fingerprint density at radius 1 is 1.15 bits per heavy atom. The van der Waals surface area contributed by atoms with E-state index in [2.05, 4.69) is 0 Å². The summed E-state index contributed by atoms with van der Waals surface area (Å²) in [6.45, 7) is 6.19. The van der Waals surface area contributed by atoms with Gasteiger partial charge in [-0.3, -0.25) is 4.79 Å². The summed E-state index contributed by atoms with van der Waals surface area (Å²) in [6.07, 6.45) is -7.08. The smallest absolute Gasteiger partial charge is 0.343 e. The van der Waals surface area contributed by atoms with Gasteiger partial charge in [0, 0.05) is 0 Å². The van der Waals surface area contributed by atoms with Crippen LogP contribution in [0, 0.1) is 28.1 Å². The number of aliphatic carboxylic acids is 1. The largest absolute Gasteiger partial charge is 0.480 e. The molecule has 0 aromatic carbocycles.